The van der Waals surface area contributed by atoms with Crippen molar-refractivity contribution in [2.75, 3.05) is 0 Å². The third kappa shape index (κ3) is 2.83. The average Bonchev–Trinajstić information content (AvgIpc) is 3.39. The summed E-state index contributed by atoms with van der Waals surface area (Å²) in [6.07, 6.45) is 6.47. The van der Waals surface area contributed by atoms with Gasteiger partial charge in [-0.1, -0.05) is 6.07 Å². The maximum Gasteiger partial charge on any atom is 0.255 e. The van der Waals surface area contributed by atoms with Crippen LogP contribution >= 0.6 is 0 Å². The molecule has 8 heteroatoms. The number of benzene rings is 1. The van der Waals surface area contributed by atoms with Gasteiger partial charge in [-0.05, 0) is 35.7 Å². The zero-order valence-electron chi connectivity index (χ0n) is 16.8. The molecule has 2 aromatic heterocycles. The van der Waals surface area contributed by atoms with Gasteiger partial charge in [0.05, 0.1) is 11.9 Å². The van der Waals surface area contributed by atoms with Gasteiger partial charge in [0.2, 0.25) is 11.8 Å². The molecular weight excluding hydrogens is 382 g/mol. The normalized spacial score (nSPS) is 18.7. The molecule has 0 saturated carbocycles. The van der Waals surface area contributed by atoms with E-state index in [1.807, 2.05) is 66.2 Å². The van der Waals surface area contributed by atoms with E-state index < -0.39 is 11.9 Å². The van der Waals surface area contributed by atoms with Crippen molar-refractivity contribution in [1.82, 2.24) is 24.6 Å². The molecular formula is C22H21N5O3. The van der Waals surface area contributed by atoms with Crippen LogP contribution in [0.25, 0.3) is 22.4 Å². The molecule has 1 N–H and O–H groups in total. The van der Waals surface area contributed by atoms with Crippen molar-refractivity contribution in [3.05, 3.63) is 54.0 Å². The van der Waals surface area contributed by atoms with Crippen LogP contribution in [0.5, 0.6) is 0 Å². The lowest BCUT2D eigenvalue weighted by atomic mass is 9.99. The van der Waals surface area contributed by atoms with E-state index in [-0.39, 0.29) is 18.2 Å². The third-order valence-electron chi connectivity index (χ3n) is 5.88. The molecule has 152 valence electrons. The first-order valence-corrected chi connectivity index (χ1v) is 9.84. The molecule has 30 heavy (non-hydrogen) atoms. The van der Waals surface area contributed by atoms with E-state index in [0.29, 0.717) is 18.5 Å². The molecule has 0 unspecified atom stereocenters. The molecule has 0 aliphatic carbocycles. The SMILES string of the molecule is Cn1ccc(-c2c(-c3ccc4c(c3)CN([C@H]3CCC(=O)NC3=O)C4=O)cnn2C)c1. The number of carbonyl (C=O) groups is 3. The Kier molecular flexibility index (Phi) is 4.09. The third-order valence-corrected chi connectivity index (χ3v) is 5.88. The summed E-state index contributed by atoms with van der Waals surface area (Å²) in [6.45, 7) is 0.356. The molecule has 1 saturated heterocycles. The number of hydrogen-bond donors (Lipinski definition) is 1. The van der Waals surface area contributed by atoms with Gasteiger partial charge in [0.15, 0.2) is 0 Å². The topological polar surface area (TPSA) is 89.2 Å². The quantitative estimate of drug-likeness (QED) is 0.676. The van der Waals surface area contributed by atoms with Gasteiger partial charge < -0.3 is 9.47 Å². The highest BCUT2D eigenvalue weighted by molar-refractivity contribution is 6.05. The van der Waals surface area contributed by atoms with Gasteiger partial charge in [0, 0.05) is 56.1 Å². The van der Waals surface area contributed by atoms with Crippen molar-refractivity contribution in [2.45, 2.75) is 25.4 Å². The van der Waals surface area contributed by atoms with E-state index in [4.69, 9.17) is 0 Å². The standard InChI is InChI=1S/C22H21N5O3/c1-25-8-7-14(11-25)20-17(10-23-26(20)2)13-3-4-16-15(9-13)12-27(22(16)30)18-5-6-19(28)24-21(18)29/h3-4,7-11,18H,5-6,12H2,1-2H3,(H,24,28,29)/t18-/m0/s1. The maximum absolute atomic E-state index is 12.9. The Morgan fingerprint density at radius 1 is 1.07 bits per heavy atom. The molecule has 5 rings (SSSR count). The van der Waals surface area contributed by atoms with Crippen molar-refractivity contribution in [3.63, 3.8) is 0 Å². The summed E-state index contributed by atoms with van der Waals surface area (Å²) >= 11 is 0. The molecule has 2 aliphatic heterocycles. The number of aromatic nitrogens is 3. The van der Waals surface area contributed by atoms with Crippen LogP contribution in [-0.4, -0.2) is 43.0 Å². The van der Waals surface area contributed by atoms with E-state index >= 15 is 0 Å². The van der Waals surface area contributed by atoms with Gasteiger partial charge >= 0.3 is 0 Å². The van der Waals surface area contributed by atoms with Crippen LogP contribution in [0.1, 0.15) is 28.8 Å². The second-order valence-corrected chi connectivity index (χ2v) is 7.87. The second-order valence-electron chi connectivity index (χ2n) is 7.87. The van der Waals surface area contributed by atoms with Crippen LogP contribution in [-0.2, 0) is 30.2 Å². The number of rotatable bonds is 3. The first-order chi connectivity index (χ1) is 14.4. The zero-order chi connectivity index (χ0) is 21.0. The highest BCUT2D eigenvalue weighted by Gasteiger charge is 2.39. The van der Waals surface area contributed by atoms with E-state index in [0.717, 1.165) is 27.9 Å². The van der Waals surface area contributed by atoms with Gasteiger partial charge in [-0.2, -0.15) is 5.10 Å². The average molecular weight is 403 g/mol. The molecule has 3 aromatic rings. The first kappa shape index (κ1) is 18.4. The van der Waals surface area contributed by atoms with Crippen LogP contribution in [0.3, 0.4) is 0 Å². The Labute approximate surface area is 173 Å². The van der Waals surface area contributed by atoms with Gasteiger partial charge in [0.25, 0.3) is 5.91 Å². The number of amides is 3. The van der Waals surface area contributed by atoms with Gasteiger partial charge in [-0.15, -0.1) is 0 Å². The lowest BCUT2D eigenvalue weighted by Gasteiger charge is -2.29. The summed E-state index contributed by atoms with van der Waals surface area (Å²) in [5.41, 5.74) is 5.51. The monoisotopic (exact) mass is 403 g/mol. The first-order valence-electron chi connectivity index (χ1n) is 9.84. The predicted octanol–water partition coefficient (Wildman–Crippen LogP) is 1.85. The van der Waals surface area contributed by atoms with Crippen molar-refractivity contribution >= 4 is 17.7 Å². The Morgan fingerprint density at radius 3 is 2.63 bits per heavy atom. The van der Waals surface area contributed by atoms with Crippen LogP contribution < -0.4 is 5.32 Å². The summed E-state index contributed by atoms with van der Waals surface area (Å²) in [4.78, 5) is 38.2. The minimum absolute atomic E-state index is 0.166. The van der Waals surface area contributed by atoms with Gasteiger partial charge in [-0.25, -0.2) is 0 Å². The molecule has 0 radical (unpaired) electrons. The van der Waals surface area contributed by atoms with E-state index in [2.05, 4.69) is 10.4 Å². The molecule has 4 heterocycles. The highest BCUT2D eigenvalue weighted by Crippen LogP contribution is 2.35. The molecule has 8 nitrogen and oxygen atoms in total. The number of fused-ring (bicyclic) bond motifs is 1. The Hall–Kier alpha value is -3.68. The fourth-order valence-electron chi connectivity index (χ4n) is 4.38. The summed E-state index contributed by atoms with van der Waals surface area (Å²) < 4.78 is 3.84. The number of nitrogens with zero attached hydrogens (tertiary/aromatic N) is 4. The molecule has 0 spiro atoms. The fraction of sp³-hybridized carbons (Fsp3) is 0.273. The van der Waals surface area contributed by atoms with Crippen LogP contribution in [0, 0.1) is 0 Å². The van der Waals surface area contributed by atoms with Gasteiger partial charge in [0.1, 0.15) is 6.04 Å². The van der Waals surface area contributed by atoms with Crippen molar-refractivity contribution in [1.29, 1.82) is 0 Å². The molecule has 3 amide bonds. The number of aryl methyl sites for hydroxylation is 2. The zero-order valence-corrected chi connectivity index (χ0v) is 16.8. The van der Waals surface area contributed by atoms with Crippen LogP contribution in [0.4, 0.5) is 0 Å². The Morgan fingerprint density at radius 2 is 1.90 bits per heavy atom. The minimum Gasteiger partial charge on any atom is -0.357 e. The van der Waals surface area contributed by atoms with Crippen LogP contribution in [0.2, 0.25) is 0 Å². The fourth-order valence-corrected chi connectivity index (χ4v) is 4.38. The summed E-state index contributed by atoms with van der Waals surface area (Å²) in [5.74, 6) is -0.848. The lowest BCUT2D eigenvalue weighted by molar-refractivity contribution is -0.136. The van der Waals surface area contributed by atoms with Crippen molar-refractivity contribution in [3.8, 4) is 22.4 Å². The Bertz CT molecular complexity index is 1210. The van der Waals surface area contributed by atoms with E-state index in [9.17, 15) is 14.4 Å². The molecule has 2 aliphatic rings. The number of nitrogens with one attached hydrogen (secondary N) is 1. The number of hydrogen-bond acceptors (Lipinski definition) is 4. The van der Waals surface area contributed by atoms with Crippen molar-refractivity contribution in [2.24, 2.45) is 14.1 Å². The summed E-state index contributed by atoms with van der Waals surface area (Å²) in [6, 6.07) is 7.18. The minimum atomic E-state index is -0.607. The molecule has 1 fully saturated rings. The largest absolute Gasteiger partial charge is 0.357 e. The van der Waals surface area contributed by atoms with Crippen molar-refractivity contribution < 1.29 is 14.4 Å². The van der Waals surface area contributed by atoms with Gasteiger partial charge in [-0.3, -0.25) is 24.4 Å². The van der Waals surface area contributed by atoms with E-state index in [1.54, 1.807) is 4.90 Å². The smallest absolute Gasteiger partial charge is 0.255 e. The summed E-state index contributed by atoms with van der Waals surface area (Å²) in [7, 11) is 3.89. The lowest BCUT2D eigenvalue weighted by Crippen LogP contribution is -2.52. The summed E-state index contributed by atoms with van der Waals surface area (Å²) in [5, 5.41) is 6.77. The molecule has 0 bridgehead atoms. The highest BCUT2D eigenvalue weighted by atomic mass is 16.2. The number of piperidine rings is 1. The number of carbonyl (C=O) groups excluding carboxylic acids is 3. The number of imide groups is 1. The molecule has 1 atom stereocenters. The predicted molar refractivity (Wildman–Crippen MR) is 109 cm³/mol. The van der Waals surface area contributed by atoms with Crippen LogP contribution in [0.15, 0.2) is 42.9 Å². The van der Waals surface area contributed by atoms with E-state index in [1.165, 1.54) is 0 Å². The molecule has 1 aromatic carbocycles. The maximum atomic E-state index is 12.9. The Balaban J connectivity index is 1.49. The second kappa shape index (κ2) is 6.69.